The lowest BCUT2D eigenvalue weighted by Crippen LogP contribution is -2.74. The Morgan fingerprint density at radius 3 is 1.33 bits per heavy atom. The third-order valence-corrected chi connectivity index (χ3v) is 5.64. The minimum atomic E-state index is -8.68. The van der Waals surface area contributed by atoms with Crippen molar-refractivity contribution in [3.63, 3.8) is 0 Å². The molecule has 0 bridgehead atoms. The third kappa shape index (κ3) is 5.18. The van der Waals surface area contributed by atoms with E-state index < -0.39 is 65.7 Å². The highest BCUT2D eigenvalue weighted by Crippen LogP contribution is 2.64. The summed E-state index contributed by atoms with van der Waals surface area (Å²) in [5, 5.41) is 10.0. The van der Waals surface area contributed by atoms with Crippen molar-refractivity contribution in [1.29, 1.82) is 0 Å². The van der Waals surface area contributed by atoms with E-state index in [0.29, 0.717) is 0 Å². The van der Waals surface area contributed by atoms with Crippen LogP contribution in [0, 0.1) is 0 Å². The van der Waals surface area contributed by atoms with Gasteiger partial charge < -0.3 is 10.0 Å². The van der Waals surface area contributed by atoms with Crippen molar-refractivity contribution in [2.75, 3.05) is 18.0 Å². The van der Waals surface area contributed by atoms with E-state index in [0.717, 1.165) is 18.2 Å². The Morgan fingerprint density at radius 2 is 0.949 bits per heavy atom. The summed E-state index contributed by atoms with van der Waals surface area (Å²) < 4.78 is 228. The molecule has 1 aromatic carbocycles. The second-order valence-corrected chi connectivity index (χ2v) is 8.10. The molecule has 228 valence electrons. The first-order valence-electron chi connectivity index (χ1n) is 10.4. The molecule has 39 heavy (non-hydrogen) atoms. The molecule has 0 saturated heterocycles. The summed E-state index contributed by atoms with van der Waals surface area (Å²) in [5.74, 6) is -57.0. The fraction of sp³-hybridized carbons (Fsp3) is 0.700. The summed E-state index contributed by atoms with van der Waals surface area (Å²) in [7, 11) is 0. The SMILES string of the molecule is CCN(CC)c1ccccc1C(O)CC(F)(F)C(F)(F)C(F)(F)C(F)(F)C(F)(F)C(F)(F)C(F)(F)C(F)(F)F. The predicted octanol–water partition coefficient (Wildman–Crippen LogP) is 7.97. The highest BCUT2D eigenvalue weighted by atomic mass is 19.4. The summed E-state index contributed by atoms with van der Waals surface area (Å²) >= 11 is 0. The van der Waals surface area contributed by atoms with Crippen LogP contribution in [0.3, 0.4) is 0 Å². The van der Waals surface area contributed by atoms with Gasteiger partial charge in [0.2, 0.25) is 0 Å². The van der Waals surface area contributed by atoms with Crippen molar-refractivity contribution < 1.29 is 79.7 Å². The van der Waals surface area contributed by atoms with E-state index >= 15 is 0 Å². The Bertz CT molecular complexity index is 985. The molecule has 0 aromatic heterocycles. The van der Waals surface area contributed by atoms with E-state index in [1.165, 1.54) is 24.8 Å². The van der Waals surface area contributed by atoms with E-state index in [2.05, 4.69) is 0 Å². The van der Waals surface area contributed by atoms with Crippen molar-refractivity contribution in [3.05, 3.63) is 29.8 Å². The Labute approximate surface area is 208 Å². The van der Waals surface area contributed by atoms with E-state index in [-0.39, 0.29) is 18.8 Å². The summed E-state index contributed by atoms with van der Waals surface area (Å²) in [6.45, 7) is 3.14. The smallest absolute Gasteiger partial charge is 0.388 e. The zero-order chi connectivity index (χ0) is 31.3. The summed E-state index contributed by atoms with van der Waals surface area (Å²) in [6.07, 6.45) is -13.7. The van der Waals surface area contributed by atoms with E-state index in [9.17, 15) is 79.7 Å². The number of nitrogens with zero attached hydrogens (tertiary/aromatic N) is 1. The van der Waals surface area contributed by atoms with Crippen LogP contribution in [0.25, 0.3) is 0 Å². The van der Waals surface area contributed by atoms with Gasteiger partial charge in [-0.2, -0.15) is 74.6 Å². The summed E-state index contributed by atoms with van der Waals surface area (Å²) in [4.78, 5) is 1.31. The maximum Gasteiger partial charge on any atom is 0.460 e. The van der Waals surface area contributed by atoms with Gasteiger partial charge in [0.15, 0.2) is 0 Å². The number of halogens is 17. The maximum atomic E-state index is 14.3. The molecule has 19 heteroatoms. The monoisotopic (exact) mass is 611 g/mol. The van der Waals surface area contributed by atoms with Crippen molar-refractivity contribution in [3.8, 4) is 0 Å². The first-order chi connectivity index (χ1) is 17.1. The van der Waals surface area contributed by atoms with Gasteiger partial charge in [-0.05, 0) is 19.9 Å². The van der Waals surface area contributed by atoms with Crippen LogP contribution in [0.1, 0.15) is 31.9 Å². The first-order valence-corrected chi connectivity index (χ1v) is 10.4. The number of aliphatic hydroxyl groups is 1. The molecule has 0 spiro atoms. The summed E-state index contributed by atoms with van der Waals surface area (Å²) in [5.41, 5.74) is -0.847. The number of benzene rings is 1. The van der Waals surface area contributed by atoms with Gasteiger partial charge in [-0.1, -0.05) is 18.2 Å². The van der Waals surface area contributed by atoms with Gasteiger partial charge in [0.05, 0.1) is 6.10 Å². The minimum absolute atomic E-state index is 0.0862. The number of para-hydroxylation sites is 1. The Kier molecular flexibility index (Phi) is 9.21. The van der Waals surface area contributed by atoms with Crippen LogP contribution in [0.5, 0.6) is 0 Å². The van der Waals surface area contributed by atoms with Crippen LogP contribution >= 0.6 is 0 Å². The largest absolute Gasteiger partial charge is 0.460 e. The van der Waals surface area contributed by atoms with Crippen LogP contribution < -0.4 is 4.90 Å². The van der Waals surface area contributed by atoms with Gasteiger partial charge in [0.25, 0.3) is 0 Å². The Hall–Kier alpha value is -2.21. The number of aliphatic hydroxyl groups excluding tert-OH is 1. The molecule has 0 radical (unpaired) electrons. The molecule has 0 aliphatic carbocycles. The van der Waals surface area contributed by atoms with E-state index in [4.69, 9.17) is 0 Å². The normalized spacial score (nSPS) is 15.9. The standard InChI is InChI=1S/C20H18F17NO/c1-3-38(4-2)11-8-6-5-7-10(11)12(39)9-13(21,22)14(23,24)15(25,26)16(27,28)17(29,30)18(31,32)19(33,34)20(35,36)37/h5-8,12,39H,3-4,9H2,1-2H3. The van der Waals surface area contributed by atoms with Crippen molar-refractivity contribution in [2.45, 2.75) is 74.0 Å². The quantitative estimate of drug-likeness (QED) is 0.243. The number of rotatable bonds is 12. The molecule has 0 fully saturated rings. The van der Waals surface area contributed by atoms with Crippen LogP contribution in [0.4, 0.5) is 80.3 Å². The van der Waals surface area contributed by atoms with Crippen molar-refractivity contribution >= 4 is 5.69 Å². The Balaban J connectivity index is 3.59. The predicted molar refractivity (Wildman–Crippen MR) is 100 cm³/mol. The average molecular weight is 611 g/mol. The molecule has 1 unspecified atom stereocenters. The molecule has 1 atom stereocenters. The average Bonchev–Trinajstić information content (AvgIpc) is 2.78. The highest BCUT2D eigenvalue weighted by molar-refractivity contribution is 5.54. The van der Waals surface area contributed by atoms with Crippen molar-refractivity contribution in [2.24, 2.45) is 0 Å². The number of hydrogen-bond acceptors (Lipinski definition) is 2. The van der Waals surface area contributed by atoms with Crippen LogP contribution in [0.15, 0.2) is 24.3 Å². The van der Waals surface area contributed by atoms with Gasteiger partial charge >= 0.3 is 47.6 Å². The second kappa shape index (κ2) is 10.3. The molecule has 2 nitrogen and oxygen atoms in total. The zero-order valence-electron chi connectivity index (χ0n) is 19.3. The molecule has 0 heterocycles. The molecule has 1 N–H and O–H groups in total. The zero-order valence-corrected chi connectivity index (χ0v) is 19.3. The number of hydrogen-bond donors (Lipinski definition) is 1. The first kappa shape index (κ1) is 34.8. The maximum absolute atomic E-state index is 14.3. The summed E-state index contributed by atoms with van der Waals surface area (Å²) in [6, 6.07) is 4.18. The molecule has 1 rings (SSSR count). The molecule has 0 aliphatic heterocycles. The van der Waals surface area contributed by atoms with Gasteiger partial charge in [0.1, 0.15) is 0 Å². The van der Waals surface area contributed by atoms with Crippen LogP contribution in [-0.4, -0.2) is 65.8 Å². The third-order valence-electron chi connectivity index (χ3n) is 5.64. The number of alkyl halides is 17. The minimum Gasteiger partial charge on any atom is -0.388 e. The lowest BCUT2D eigenvalue weighted by atomic mass is 9.87. The Morgan fingerprint density at radius 1 is 0.590 bits per heavy atom. The number of anilines is 1. The molecule has 0 amide bonds. The lowest BCUT2D eigenvalue weighted by Gasteiger charge is -2.43. The van der Waals surface area contributed by atoms with E-state index in [1.807, 2.05) is 0 Å². The molecular formula is C20H18F17NO. The van der Waals surface area contributed by atoms with Gasteiger partial charge in [-0.15, -0.1) is 0 Å². The van der Waals surface area contributed by atoms with E-state index in [1.54, 1.807) is 0 Å². The topological polar surface area (TPSA) is 23.5 Å². The highest BCUT2D eigenvalue weighted by Gasteiger charge is 2.95. The molecule has 0 aliphatic rings. The van der Waals surface area contributed by atoms with Gasteiger partial charge in [-0.25, -0.2) is 0 Å². The van der Waals surface area contributed by atoms with Gasteiger partial charge in [-0.3, -0.25) is 0 Å². The fourth-order valence-corrected chi connectivity index (χ4v) is 3.30. The molecule has 1 aromatic rings. The molecule has 0 saturated carbocycles. The van der Waals surface area contributed by atoms with Crippen LogP contribution in [0.2, 0.25) is 0 Å². The van der Waals surface area contributed by atoms with Gasteiger partial charge in [0, 0.05) is 30.8 Å². The molecular weight excluding hydrogens is 593 g/mol. The van der Waals surface area contributed by atoms with Crippen molar-refractivity contribution in [1.82, 2.24) is 0 Å². The lowest BCUT2D eigenvalue weighted by molar-refractivity contribution is -0.462. The second-order valence-electron chi connectivity index (χ2n) is 8.10. The van der Waals surface area contributed by atoms with Crippen LogP contribution in [-0.2, 0) is 0 Å². The fourth-order valence-electron chi connectivity index (χ4n) is 3.30.